The molecule has 1 N–H and O–H groups in total. The summed E-state index contributed by atoms with van der Waals surface area (Å²) in [4.78, 5) is 10.8. The minimum absolute atomic E-state index is 0. The lowest BCUT2D eigenvalue weighted by Crippen LogP contribution is -2.09. The average Bonchev–Trinajstić information content (AvgIpc) is 3.17. The molecule has 1 heterocycles. The summed E-state index contributed by atoms with van der Waals surface area (Å²) in [5.41, 5.74) is 5.62. The van der Waals surface area contributed by atoms with Crippen LogP contribution in [0.4, 0.5) is 0 Å². The van der Waals surface area contributed by atoms with E-state index in [9.17, 15) is 4.79 Å². The highest BCUT2D eigenvalue weighted by molar-refractivity contribution is 5.88. The van der Waals surface area contributed by atoms with Gasteiger partial charge in [0, 0.05) is 12.5 Å². The number of carboxylic acid groups (broad SMARTS) is 1. The minimum Gasteiger partial charge on any atom is -0.496 e. The molecular weight excluding hydrogens is 450 g/mol. The van der Waals surface area contributed by atoms with Gasteiger partial charge in [-0.05, 0) is 74.6 Å². The number of aliphatic carboxylic acids is 1. The number of methoxy groups -OCH3 is 2. The van der Waals surface area contributed by atoms with Crippen LogP contribution in [0.2, 0.25) is 0 Å². The number of rotatable bonds is 6. The van der Waals surface area contributed by atoms with Crippen LogP contribution in [0, 0.1) is 33.6 Å². The van der Waals surface area contributed by atoms with Crippen LogP contribution in [0.5, 0.6) is 11.5 Å². The van der Waals surface area contributed by atoms with E-state index in [4.69, 9.17) is 14.6 Å². The molecule has 0 radical (unpaired) electrons. The number of aryl methyl sites for hydroxylation is 4. The quantitative estimate of drug-likeness (QED) is 0.372. The van der Waals surface area contributed by atoms with Crippen molar-refractivity contribution in [3.05, 3.63) is 58.8 Å². The maximum absolute atomic E-state index is 10.8. The van der Waals surface area contributed by atoms with Crippen LogP contribution >= 0.6 is 0 Å². The molecule has 1 saturated carbocycles. The van der Waals surface area contributed by atoms with Gasteiger partial charge in [0.05, 0.1) is 19.7 Å². The van der Waals surface area contributed by atoms with Crippen LogP contribution in [0.1, 0.15) is 75.7 Å². The van der Waals surface area contributed by atoms with Crippen molar-refractivity contribution < 1.29 is 20.8 Å². The number of aromatic nitrogens is 1. The van der Waals surface area contributed by atoms with E-state index in [1.807, 2.05) is 31.2 Å². The van der Waals surface area contributed by atoms with Crippen molar-refractivity contribution in [2.45, 2.75) is 86.1 Å². The molecule has 1 aliphatic rings. The van der Waals surface area contributed by atoms with E-state index in [2.05, 4.69) is 39.8 Å². The Morgan fingerprint density at radius 3 is 2.17 bits per heavy atom. The number of ether oxygens (including phenoxy) is 2. The molecule has 0 saturated heterocycles. The van der Waals surface area contributed by atoms with Crippen LogP contribution in [0.3, 0.4) is 0 Å². The number of carboxylic acids is 1. The predicted octanol–water partition coefficient (Wildman–Crippen LogP) is 8.28. The van der Waals surface area contributed by atoms with Gasteiger partial charge < -0.3 is 19.1 Å². The summed E-state index contributed by atoms with van der Waals surface area (Å²) in [7, 11) is 3.32. The van der Waals surface area contributed by atoms with Crippen molar-refractivity contribution in [1.82, 2.24) is 4.57 Å². The molecule has 5 nitrogen and oxygen atoms in total. The molecule has 5 heteroatoms. The van der Waals surface area contributed by atoms with Gasteiger partial charge in [-0.15, -0.1) is 0 Å². The van der Waals surface area contributed by atoms with Crippen molar-refractivity contribution in [3.63, 3.8) is 0 Å². The third kappa shape index (κ3) is 8.32. The van der Waals surface area contributed by atoms with Crippen LogP contribution < -0.4 is 9.47 Å². The Bertz CT molecular complexity index is 1110. The molecule has 4 rings (SSSR count). The van der Waals surface area contributed by atoms with Gasteiger partial charge in [0.2, 0.25) is 0 Å². The van der Waals surface area contributed by atoms with Gasteiger partial charge in [0.15, 0.2) is 0 Å². The Hall–Kier alpha value is -2.95. The number of nitrogens with zero attached hydrogens (tertiary/aromatic N) is 1. The summed E-state index contributed by atoms with van der Waals surface area (Å²) in [5.74, 6) is 2.00. The molecule has 1 fully saturated rings. The second-order valence-electron chi connectivity index (χ2n) is 9.86. The Balaban J connectivity index is 0.000000287. The van der Waals surface area contributed by atoms with E-state index >= 15 is 0 Å². The van der Waals surface area contributed by atoms with Gasteiger partial charge in [-0.3, -0.25) is 4.79 Å². The smallest absolute Gasteiger partial charge is 0.323 e. The van der Waals surface area contributed by atoms with E-state index in [1.165, 1.54) is 61.6 Å². The molecule has 200 valence electrons. The first kappa shape index (κ1) is 29.3. The molecular formula is C31H47NO4. The van der Waals surface area contributed by atoms with Crippen LogP contribution in [-0.2, 0) is 11.3 Å². The zero-order valence-electron chi connectivity index (χ0n) is 23.3. The number of benzene rings is 2. The van der Waals surface area contributed by atoms with Gasteiger partial charge in [-0.2, -0.15) is 0 Å². The maximum atomic E-state index is 10.8. The van der Waals surface area contributed by atoms with E-state index in [0.29, 0.717) is 0 Å². The SMILES string of the molecule is CCCC1CCCCC1.COc1cc(C)c(C)cc1C.COc1cccc2c1cc(C)n2CC(=O)O.[HH]. The molecule has 0 spiro atoms. The fraction of sp³-hybridized carbons (Fsp3) is 0.516. The first-order valence-electron chi connectivity index (χ1n) is 13.2. The second kappa shape index (κ2) is 14.6. The number of fused-ring (bicyclic) bond motifs is 1. The summed E-state index contributed by atoms with van der Waals surface area (Å²) < 4.78 is 12.2. The summed E-state index contributed by atoms with van der Waals surface area (Å²) in [6.45, 7) is 10.4. The molecule has 2 aromatic carbocycles. The summed E-state index contributed by atoms with van der Waals surface area (Å²) in [5, 5.41) is 9.79. The number of hydrogen-bond acceptors (Lipinski definition) is 3. The van der Waals surface area contributed by atoms with Gasteiger partial charge >= 0.3 is 5.97 Å². The van der Waals surface area contributed by atoms with Crippen LogP contribution in [0.15, 0.2) is 36.4 Å². The molecule has 1 aromatic heterocycles. The van der Waals surface area contributed by atoms with E-state index in [0.717, 1.165) is 34.0 Å². The molecule has 0 unspecified atom stereocenters. The lowest BCUT2D eigenvalue weighted by molar-refractivity contribution is -0.137. The molecule has 0 aliphatic heterocycles. The largest absolute Gasteiger partial charge is 0.496 e. The molecule has 1 aliphatic carbocycles. The van der Waals surface area contributed by atoms with Gasteiger partial charge in [0.1, 0.15) is 18.0 Å². The summed E-state index contributed by atoms with van der Waals surface area (Å²) in [6.07, 6.45) is 10.4. The third-order valence-corrected chi connectivity index (χ3v) is 7.06. The zero-order valence-corrected chi connectivity index (χ0v) is 23.3. The van der Waals surface area contributed by atoms with Gasteiger partial charge in [-0.25, -0.2) is 0 Å². The van der Waals surface area contributed by atoms with Crippen molar-refractivity contribution in [1.29, 1.82) is 0 Å². The standard InChI is InChI=1S/C12H13NO3.C10H14O.C9H18.H2/c1-8-6-9-10(13(8)7-12(14)15)4-3-5-11(9)16-2;1-7-5-9(3)10(11-4)6-8(7)2;1-2-6-9-7-4-3-5-8-9;/h3-6H,7H2,1-2H3,(H,14,15);5-6H,1-4H3;9H,2-8H2,1H3;1H. The highest BCUT2D eigenvalue weighted by Gasteiger charge is 2.12. The van der Waals surface area contributed by atoms with Gasteiger partial charge in [0.25, 0.3) is 0 Å². The highest BCUT2D eigenvalue weighted by Crippen LogP contribution is 2.28. The fourth-order valence-corrected chi connectivity index (χ4v) is 4.95. The Labute approximate surface area is 218 Å². The Morgan fingerprint density at radius 2 is 1.58 bits per heavy atom. The molecule has 3 aromatic rings. The molecule has 0 bridgehead atoms. The monoisotopic (exact) mass is 497 g/mol. The van der Waals surface area contributed by atoms with Crippen LogP contribution in [0.25, 0.3) is 10.9 Å². The normalized spacial score (nSPS) is 13.3. The third-order valence-electron chi connectivity index (χ3n) is 7.06. The lowest BCUT2D eigenvalue weighted by Gasteiger charge is -2.20. The molecule has 36 heavy (non-hydrogen) atoms. The molecule has 0 atom stereocenters. The second-order valence-corrected chi connectivity index (χ2v) is 9.86. The first-order chi connectivity index (χ1) is 17.2. The fourth-order valence-electron chi connectivity index (χ4n) is 4.95. The number of hydrogen-bond donors (Lipinski definition) is 1. The van der Waals surface area contributed by atoms with E-state index in [1.54, 1.807) is 18.8 Å². The maximum Gasteiger partial charge on any atom is 0.323 e. The van der Waals surface area contributed by atoms with Crippen molar-refractivity contribution >= 4 is 16.9 Å². The first-order valence-corrected chi connectivity index (χ1v) is 13.2. The van der Waals surface area contributed by atoms with E-state index in [-0.39, 0.29) is 7.97 Å². The Morgan fingerprint density at radius 1 is 0.944 bits per heavy atom. The summed E-state index contributed by atoms with van der Waals surface area (Å²) in [6, 6.07) is 11.8. The van der Waals surface area contributed by atoms with E-state index < -0.39 is 5.97 Å². The van der Waals surface area contributed by atoms with Crippen molar-refractivity contribution in [3.8, 4) is 11.5 Å². The summed E-state index contributed by atoms with van der Waals surface area (Å²) >= 11 is 0. The Kier molecular flexibility index (Phi) is 11.9. The zero-order chi connectivity index (χ0) is 26.7. The van der Waals surface area contributed by atoms with Crippen LogP contribution in [-0.4, -0.2) is 29.9 Å². The molecule has 0 amide bonds. The topological polar surface area (TPSA) is 60.7 Å². The average molecular weight is 498 g/mol. The predicted molar refractivity (Wildman–Crippen MR) is 152 cm³/mol. The minimum atomic E-state index is -0.844. The number of carbonyl (C=O) groups is 1. The van der Waals surface area contributed by atoms with Crippen molar-refractivity contribution in [2.24, 2.45) is 5.92 Å². The highest BCUT2D eigenvalue weighted by atomic mass is 16.5. The van der Waals surface area contributed by atoms with Gasteiger partial charge in [-0.1, -0.05) is 64.0 Å². The lowest BCUT2D eigenvalue weighted by atomic mass is 9.86. The van der Waals surface area contributed by atoms with Crippen molar-refractivity contribution in [2.75, 3.05) is 14.2 Å².